The Morgan fingerprint density at radius 2 is 2.04 bits per heavy atom. The predicted molar refractivity (Wildman–Crippen MR) is 91.0 cm³/mol. The Morgan fingerprint density at radius 3 is 2.72 bits per heavy atom. The van der Waals surface area contributed by atoms with E-state index in [9.17, 15) is 20.2 Å². The SMILES string of the molecule is N#Cc1cc(N2CC[C@@H]3[C@H](CCC(=O)N3C3CC3)C2)ccc1[N+](=O)[O-]. The number of hydrogen-bond donors (Lipinski definition) is 0. The zero-order chi connectivity index (χ0) is 17.6. The lowest BCUT2D eigenvalue weighted by Crippen LogP contribution is -2.56. The molecule has 0 radical (unpaired) electrons. The second-order valence-corrected chi connectivity index (χ2v) is 7.20. The lowest BCUT2D eigenvalue weighted by Gasteiger charge is -2.48. The minimum atomic E-state index is -0.519. The largest absolute Gasteiger partial charge is 0.371 e. The van der Waals surface area contributed by atoms with E-state index in [1.807, 2.05) is 6.07 Å². The molecule has 1 aliphatic carbocycles. The van der Waals surface area contributed by atoms with Gasteiger partial charge in [-0.3, -0.25) is 14.9 Å². The lowest BCUT2D eigenvalue weighted by molar-refractivity contribution is -0.385. The molecule has 7 heteroatoms. The first-order chi connectivity index (χ1) is 12.1. The van der Waals surface area contributed by atoms with Gasteiger partial charge in [-0.25, -0.2) is 0 Å². The Hall–Kier alpha value is -2.62. The van der Waals surface area contributed by atoms with Gasteiger partial charge in [0.1, 0.15) is 11.6 Å². The van der Waals surface area contributed by atoms with Crippen LogP contribution in [0.2, 0.25) is 0 Å². The Balaban J connectivity index is 1.54. The van der Waals surface area contributed by atoms with Crippen LogP contribution in [0.1, 0.15) is 37.7 Å². The van der Waals surface area contributed by atoms with Gasteiger partial charge in [0.25, 0.3) is 5.69 Å². The Bertz CT molecular complexity index is 768. The van der Waals surface area contributed by atoms with E-state index in [1.54, 1.807) is 12.1 Å². The average Bonchev–Trinajstić information content (AvgIpc) is 3.45. The molecule has 4 rings (SSSR count). The van der Waals surface area contributed by atoms with Crippen LogP contribution in [0.25, 0.3) is 0 Å². The van der Waals surface area contributed by atoms with Crippen molar-refractivity contribution in [3.63, 3.8) is 0 Å². The molecule has 2 atom stereocenters. The van der Waals surface area contributed by atoms with Gasteiger partial charge in [0.2, 0.25) is 5.91 Å². The van der Waals surface area contributed by atoms with Gasteiger partial charge in [-0.2, -0.15) is 5.26 Å². The number of amides is 1. The van der Waals surface area contributed by atoms with Gasteiger partial charge in [0.15, 0.2) is 0 Å². The molecule has 7 nitrogen and oxygen atoms in total. The first-order valence-electron chi connectivity index (χ1n) is 8.83. The number of nitrogens with zero attached hydrogens (tertiary/aromatic N) is 4. The maximum absolute atomic E-state index is 12.3. The molecule has 25 heavy (non-hydrogen) atoms. The van der Waals surface area contributed by atoms with Crippen LogP contribution in [0.4, 0.5) is 11.4 Å². The van der Waals surface area contributed by atoms with Gasteiger partial charge in [-0.15, -0.1) is 0 Å². The predicted octanol–water partition coefficient (Wildman–Crippen LogP) is 2.45. The summed E-state index contributed by atoms with van der Waals surface area (Å²) in [6.07, 6.45) is 4.71. The second-order valence-electron chi connectivity index (χ2n) is 7.20. The smallest absolute Gasteiger partial charge is 0.287 e. The molecule has 0 spiro atoms. The molecule has 0 aromatic heterocycles. The fourth-order valence-electron chi connectivity index (χ4n) is 4.32. The van der Waals surface area contributed by atoms with Crippen molar-refractivity contribution in [1.82, 2.24) is 4.90 Å². The second kappa shape index (κ2) is 6.03. The van der Waals surface area contributed by atoms with Gasteiger partial charge in [0, 0.05) is 43.3 Å². The van der Waals surface area contributed by atoms with Crippen LogP contribution in [0.5, 0.6) is 0 Å². The third kappa shape index (κ3) is 2.82. The van der Waals surface area contributed by atoms with Crippen molar-refractivity contribution in [1.29, 1.82) is 5.26 Å². The number of nitro groups is 1. The molecule has 1 saturated carbocycles. The fourth-order valence-corrected chi connectivity index (χ4v) is 4.32. The number of rotatable bonds is 3. The standard InChI is InChI=1S/C18H20N4O3/c19-10-13-9-15(4-5-17(13)22(24)25)20-8-7-16-12(11-20)1-6-18(23)21(16)14-2-3-14/h4-5,9,12,14,16H,1-3,6-8,11H2/t12-,16-/m1/s1. The summed E-state index contributed by atoms with van der Waals surface area (Å²) in [4.78, 5) is 27.1. The number of anilines is 1. The van der Waals surface area contributed by atoms with E-state index in [1.165, 1.54) is 6.07 Å². The minimum Gasteiger partial charge on any atom is -0.371 e. The number of hydrogen-bond acceptors (Lipinski definition) is 5. The molecule has 3 aliphatic rings. The summed E-state index contributed by atoms with van der Waals surface area (Å²) in [5, 5.41) is 20.2. The van der Waals surface area contributed by atoms with Gasteiger partial charge in [-0.1, -0.05) is 0 Å². The van der Waals surface area contributed by atoms with Crippen LogP contribution in [0.15, 0.2) is 18.2 Å². The number of fused-ring (bicyclic) bond motifs is 1. The minimum absolute atomic E-state index is 0.100. The Morgan fingerprint density at radius 1 is 1.24 bits per heavy atom. The van der Waals surface area contributed by atoms with Crippen LogP contribution in [-0.2, 0) is 4.79 Å². The quantitative estimate of drug-likeness (QED) is 0.623. The van der Waals surface area contributed by atoms with E-state index in [-0.39, 0.29) is 11.3 Å². The van der Waals surface area contributed by atoms with E-state index in [0.717, 1.165) is 44.5 Å². The molecule has 1 amide bonds. The number of nitro benzene ring substituents is 1. The monoisotopic (exact) mass is 340 g/mol. The van der Waals surface area contributed by atoms with E-state index in [0.29, 0.717) is 30.3 Å². The van der Waals surface area contributed by atoms with Gasteiger partial charge < -0.3 is 9.80 Å². The number of piperidine rings is 2. The summed E-state index contributed by atoms with van der Waals surface area (Å²) in [6.45, 7) is 1.64. The summed E-state index contributed by atoms with van der Waals surface area (Å²) in [5.41, 5.74) is 0.808. The molecule has 2 aliphatic heterocycles. The number of benzene rings is 1. The maximum Gasteiger partial charge on any atom is 0.287 e. The number of likely N-dealkylation sites (tertiary alicyclic amines) is 1. The van der Waals surface area contributed by atoms with Crippen molar-refractivity contribution in [3.05, 3.63) is 33.9 Å². The summed E-state index contributed by atoms with van der Waals surface area (Å²) in [7, 11) is 0. The third-order valence-corrected chi connectivity index (χ3v) is 5.67. The van der Waals surface area contributed by atoms with E-state index in [4.69, 9.17) is 0 Å². The summed E-state index contributed by atoms with van der Waals surface area (Å²) in [6, 6.07) is 7.48. The van der Waals surface area contributed by atoms with E-state index >= 15 is 0 Å². The van der Waals surface area contributed by atoms with Crippen LogP contribution in [0.3, 0.4) is 0 Å². The topological polar surface area (TPSA) is 90.5 Å². The van der Waals surface area contributed by atoms with Gasteiger partial charge in [0.05, 0.1) is 4.92 Å². The number of carbonyl (C=O) groups is 1. The van der Waals surface area contributed by atoms with Gasteiger partial charge >= 0.3 is 0 Å². The van der Waals surface area contributed by atoms with Crippen LogP contribution < -0.4 is 4.90 Å². The molecule has 0 bridgehead atoms. The summed E-state index contributed by atoms with van der Waals surface area (Å²) in [5.74, 6) is 0.743. The molecule has 1 aromatic rings. The highest BCUT2D eigenvalue weighted by Crippen LogP contribution is 2.40. The molecule has 2 saturated heterocycles. The molecule has 2 heterocycles. The third-order valence-electron chi connectivity index (χ3n) is 5.67. The van der Waals surface area contributed by atoms with Crippen LogP contribution >= 0.6 is 0 Å². The number of carbonyl (C=O) groups excluding carboxylic acids is 1. The van der Waals surface area contributed by atoms with E-state index in [2.05, 4.69) is 9.80 Å². The highest BCUT2D eigenvalue weighted by molar-refractivity contribution is 5.78. The van der Waals surface area contributed by atoms with Crippen molar-refractivity contribution in [2.24, 2.45) is 5.92 Å². The van der Waals surface area contributed by atoms with E-state index < -0.39 is 4.92 Å². The summed E-state index contributed by atoms with van der Waals surface area (Å²) >= 11 is 0. The zero-order valence-electron chi connectivity index (χ0n) is 13.9. The zero-order valence-corrected chi connectivity index (χ0v) is 13.9. The molecular weight excluding hydrogens is 320 g/mol. The maximum atomic E-state index is 12.3. The van der Waals surface area contributed by atoms with Gasteiger partial charge in [-0.05, 0) is 43.7 Å². The van der Waals surface area contributed by atoms with Crippen molar-refractivity contribution in [2.75, 3.05) is 18.0 Å². The fraction of sp³-hybridized carbons (Fsp3) is 0.556. The molecule has 0 unspecified atom stereocenters. The molecule has 130 valence electrons. The van der Waals surface area contributed by atoms with Crippen LogP contribution in [-0.4, -0.2) is 40.9 Å². The first kappa shape index (κ1) is 15.9. The average molecular weight is 340 g/mol. The highest BCUT2D eigenvalue weighted by Gasteiger charge is 2.45. The number of nitriles is 1. The first-order valence-corrected chi connectivity index (χ1v) is 8.83. The normalized spacial score (nSPS) is 26.1. The molecular formula is C18H20N4O3. The van der Waals surface area contributed by atoms with Crippen molar-refractivity contribution < 1.29 is 9.72 Å². The molecule has 1 aromatic carbocycles. The Labute approximate surface area is 146 Å². The molecule has 0 N–H and O–H groups in total. The van der Waals surface area contributed by atoms with Crippen molar-refractivity contribution in [2.45, 2.75) is 44.2 Å². The highest BCUT2D eigenvalue weighted by atomic mass is 16.6. The van der Waals surface area contributed by atoms with Crippen molar-refractivity contribution >= 4 is 17.3 Å². The summed E-state index contributed by atoms with van der Waals surface area (Å²) < 4.78 is 0. The lowest BCUT2D eigenvalue weighted by atomic mass is 9.83. The van der Waals surface area contributed by atoms with Crippen molar-refractivity contribution in [3.8, 4) is 6.07 Å². The van der Waals surface area contributed by atoms with Crippen LogP contribution in [0, 0.1) is 27.4 Å². The Kier molecular flexibility index (Phi) is 3.83. The molecule has 3 fully saturated rings.